The Morgan fingerprint density at radius 1 is 1.20 bits per heavy atom. The van der Waals surface area contributed by atoms with Gasteiger partial charge in [-0.05, 0) is 6.07 Å². The largest absolute Gasteiger partial charge is 0.493 e. The second kappa shape index (κ2) is 7.16. The van der Waals surface area contributed by atoms with E-state index in [2.05, 4.69) is 4.98 Å². The van der Waals surface area contributed by atoms with Gasteiger partial charge in [-0.15, -0.1) is 0 Å². The molecule has 0 aliphatic carbocycles. The van der Waals surface area contributed by atoms with Crippen molar-refractivity contribution in [1.82, 2.24) is 9.88 Å². The van der Waals surface area contributed by atoms with Crippen LogP contribution in [0.15, 0.2) is 29.1 Å². The highest BCUT2D eigenvalue weighted by atomic mass is 16.5. The molecule has 1 aromatic heterocycles. The second-order valence-corrected chi connectivity index (χ2v) is 5.84. The van der Waals surface area contributed by atoms with Crippen LogP contribution in [0.4, 0.5) is 0 Å². The van der Waals surface area contributed by atoms with Gasteiger partial charge in [0, 0.05) is 30.1 Å². The Kier molecular flexibility index (Phi) is 4.96. The van der Waals surface area contributed by atoms with E-state index in [1.54, 1.807) is 20.3 Å². The fourth-order valence-corrected chi connectivity index (χ4v) is 3.17. The number of methoxy groups -OCH3 is 3. The fourth-order valence-electron chi connectivity index (χ4n) is 3.17. The highest BCUT2D eigenvalue weighted by molar-refractivity contribution is 5.90. The molecule has 3 rings (SSSR count). The van der Waals surface area contributed by atoms with Crippen LogP contribution in [0.25, 0.3) is 10.9 Å². The molecule has 25 heavy (non-hydrogen) atoms. The van der Waals surface area contributed by atoms with Gasteiger partial charge in [0.05, 0.1) is 39.5 Å². The lowest BCUT2D eigenvalue weighted by atomic mass is 10.1. The molecular weight excluding hydrogens is 324 g/mol. The van der Waals surface area contributed by atoms with E-state index in [0.29, 0.717) is 41.4 Å². The number of pyridine rings is 1. The average molecular weight is 346 g/mol. The molecule has 0 saturated heterocycles. The molecule has 2 N–H and O–H groups in total. The molecule has 7 heteroatoms. The summed E-state index contributed by atoms with van der Waals surface area (Å²) in [4.78, 5) is 17.4. The summed E-state index contributed by atoms with van der Waals surface area (Å²) >= 11 is 0. The van der Waals surface area contributed by atoms with Gasteiger partial charge in [-0.1, -0.05) is 12.2 Å². The van der Waals surface area contributed by atoms with Crippen LogP contribution in [0.3, 0.4) is 0 Å². The summed E-state index contributed by atoms with van der Waals surface area (Å²) in [7, 11) is 4.62. The van der Waals surface area contributed by atoms with E-state index >= 15 is 0 Å². The summed E-state index contributed by atoms with van der Waals surface area (Å²) in [5.41, 5.74) is 1.03. The Bertz CT molecular complexity index is 859. The maximum absolute atomic E-state index is 12.5. The number of nitrogens with one attached hydrogen (secondary N) is 1. The van der Waals surface area contributed by atoms with E-state index in [4.69, 9.17) is 14.2 Å². The number of aromatic amines is 1. The number of aliphatic hydroxyl groups is 1. The summed E-state index contributed by atoms with van der Waals surface area (Å²) in [6.07, 6.45) is 3.94. The lowest BCUT2D eigenvalue weighted by Crippen LogP contribution is -2.34. The van der Waals surface area contributed by atoms with Gasteiger partial charge in [-0.3, -0.25) is 9.69 Å². The van der Waals surface area contributed by atoms with E-state index in [9.17, 15) is 9.90 Å². The van der Waals surface area contributed by atoms with Crippen molar-refractivity contribution in [2.45, 2.75) is 12.6 Å². The molecule has 0 unspecified atom stereocenters. The maximum Gasteiger partial charge on any atom is 0.252 e. The normalized spacial score (nSPS) is 17.2. The molecule has 7 nitrogen and oxygen atoms in total. The van der Waals surface area contributed by atoms with Gasteiger partial charge in [-0.2, -0.15) is 0 Å². The third kappa shape index (κ3) is 3.08. The van der Waals surface area contributed by atoms with Gasteiger partial charge in [0.15, 0.2) is 11.5 Å². The molecule has 0 radical (unpaired) electrons. The minimum Gasteiger partial charge on any atom is -0.493 e. The van der Waals surface area contributed by atoms with Crippen LogP contribution in [0.1, 0.15) is 5.56 Å². The van der Waals surface area contributed by atoms with Crippen LogP contribution >= 0.6 is 0 Å². The molecule has 0 spiro atoms. The van der Waals surface area contributed by atoms with Crippen molar-refractivity contribution >= 4 is 10.9 Å². The van der Waals surface area contributed by atoms with Crippen LogP contribution in [0, 0.1) is 0 Å². The lowest BCUT2D eigenvalue weighted by molar-refractivity contribution is 0.169. The topological polar surface area (TPSA) is 84.0 Å². The van der Waals surface area contributed by atoms with Crippen molar-refractivity contribution < 1.29 is 19.3 Å². The predicted molar refractivity (Wildman–Crippen MR) is 94.6 cm³/mol. The van der Waals surface area contributed by atoms with Crippen LogP contribution in [0.2, 0.25) is 0 Å². The van der Waals surface area contributed by atoms with Crippen molar-refractivity contribution in [3.63, 3.8) is 0 Å². The van der Waals surface area contributed by atoms with E-state index in [1.165, 1.54) is 7.11 Å². The molecule has 0 bridgehead atoms. The van der Waals surface area contributed by atoms with Crippen molar-refractivity contribution in [2.24, 2.45) is 0 Å². The Labute approximate surface area is 145 Å². The minimum atomic E-state index is -0.176. The third-order valence-electron chi connectivity index (χ3n) is 4.45. The summed E-state index contributed by atoms with van der Waals surface area (Å²) in [5, 5.41) is 10.2. The van der Waals surface area contributed by atoms with Crippen molar-refractivity contribution in [3.8, 4) is 17.2 Å². The summed E-state index contributed by atoms with van der Waals surface area (Å²) < 4.78 is 16.2. The predicted octanol–water partition coefficient (Wildman–Crippen LogP) is 1.29. The first-order valence-electron chi connectivity index (χ1n) is 7.99. The average Bonchev–Trinajstić information content (AvgIpc) is 3.07. The Balaban J connectivity index is 2.09. The molecular formula is C18H22N2O5. The Hall–Kier alpha value is -2.51. The maximum atomic E-state index is 12.5. The molecule has 0 amide bonds. The number of ether oxygens (including phenoxy) is 3. The number of aliphatic hydroxyl groups excluding tert-OH is 1. The highest BCUT2D eigenvalue weighted by Gasteiger charge is 2.22. The van der Waals surface area contributed by atoms with E-state index in [-0.39, 0.29) is 18.2 Å². The monoisotopic (exact) mass is 346 g/mol. The SMILES string of the molecule is COc1cc2[nH]c(=O)c(CN3CC=C[C@H]3CO)cc2c(OC)c1OC. The highest BCUT2D eigenvalue weighted by Crippen LogP contribution is 2.42. The molecule has 1 atom stereocenters. The number of aromatic nitrogens is 1. The summed E-state index contributed by atoms with van der Waals surface area (Å²) in [5.74, 6) is 1.47. The van der Waals surface area contributed by atoms with Crippen molar-refractivity contribution in [1.29, 1.82) is 0 Å². The van der Waals surface area contributed by atoms with Crippen molar-refractivity contribution in [2.75, 3.05) is 34.5 Å². The zero-order valence-electron chi connectivity index (χ0n) is 14.5. The zero-order chi connectivity index (χ0) is 18.0. The third-order valence-corrected chi connectivity index (χ3v) is 4.45. The first-order chi connectivity index (χ1) is 12.1. The number of hydrogen-bond donors (Lipinski definition) is 2. The summed E-state index contributed by atoms with van der Waals surface area (Å²) in [6.45, 7) is 1.16. The van der Waals surface area contributed by atoms with Crippen LogP contribution in [-0.4, -0.2) is 55.5 Å². The number of hydrogen-bond acceptors (Lipinski definition) is 6. The molecule has 1 aliphatic heterocycles. The van der Waals surface area contributed by atoms with Gasteiger partial charge < -0.3 is 24.3 Å². The van der Waals surface area contributed by atoms with Crippen LogP contribution in [-0.2, 0) is 6.54 Å². The van der Waals surface area contributed by atoms with Gasteiger partial charge in [-0.25, -0.2) is 0 Å². The molecule has 0 saturated carbocycles. The number of benzene rings is 1. The first kappa shape index (κ1) is 17.3. The number of H-pyrrole nitrogens is 1. The van der Waals surface area contributed by atoms with Gasteiger partial charge in [0.2, 0.25) is 5.75 Å². The fraction of sp³-hybridized carbons (Fsp3) is 0.389. The van der Waals surface area contributed by atoms with E-state index in [1.807, 2.05) is 23.1 Å². The van der Waals surface area contributed by atoms with Gasteiger partial charge >= 0.3 is 0 Å². The minimum absolute atomic E-state index is 0.0241. The molecule has 2 aromatic rings. The Morgan fingerprint density at radius 3 is 2.60 bits per heavy atom. The van der Waals surface area contributed by atoms with Gasteiger partial charge in [0.1, 0.15) is 0 Å². The van der Waals surface area contributed by atoms with Crippen LogP contribution < -0.4 is 19.8 Å². The summed E-state index contributed by atoms with van der Waals surface area (Å²) in [6, 6.07) is 3.46. The molecule has 1 aliphatic rings. The second-order valence-electron chi connectivity index (χ2n) is 5.84. The smallest absolute Gasteiger partial charge is 0.252 e. The quantitative estimate of drug-likeness (QED) is 0.767. The molecule has 1 aromatic carbocycles. The molecule has 134 valence electrons. The van der Waals surface area contributed by atoms with E-state index < -0.39 is 0 Å². The van der Waals surface area contributed by atoms with E-state index in [0.717, 1.165) is 5.39 Å². The standard InChI is InChI=1S/C18H22N2O5/c1-23-15-8-14-13(16(24-2)17(15)25-3)7-11(18(22)19-14)9-20-6-4-5-12(20)10-21/h4-5,7-8,12,21H,6,9-10H2,1-3H3,(H,19,22)/t12-/m0/s1. The molecule has 0 fully saturated rings. The van der Waals surface area contributed by atoms with Crippen LogP contribution in [0.5, 0.6) is 17.2 Å². The first-order valence-corrected chi connectivity index (χ1v) is 7.99. The number of nitrogens with zero attached hydrogens (tertiary/aromatic N) is 1. The van der Waals surface area contributed by atoms with Crippen molar-refractivity contribution in [3.05, 3.63) is 40.2 Å². The number of fused-ring (bicyclic) bond motifs is 1. The zero-order valence-corrected chi connectivity index (χ0v) is 14.5. The Morgan fingerprint density at radius 2 is 1.96 bits per heavy atom. The lowest BCUT2D eigenvalue weighted by Gasteiger charge is -2.22. The molecule has 2 heterocycles. The van der Waals surface area contributed by atoms with Gasteiger partial charge in [0.25, 0.3) is 5.56 Å². The number of rotatable bonds is 6.